The normalized spacial score (nSPS) is 11.2. The molecule has 0 saturated carbocycles. The molecule has 104 valence electrons. The second kappa shape index (κ2) is 5.47. The highest BCUT2D eigenvalue weighted by Gasteiger charge is 2.17. The Bertz CT molecular complexity index is 627. The van der Waals surface area contributed by atoms with Crippen LogP contribution in [0.4, 0.5) is 5.69 Å². The summed E-state index contributed by atoms with van der Waals surface area (Å²) >= 11 is 0. The molecule has 20 heavy (non-hydrogen) atoms. The monoisotopic (exact) mass is 269 g/mol. The SMILES string of the molecule is Cc1ccccc1NC(=O)c1cccc(C(C)(C)O)c1. The highest BCUT2D eigenvalue weighted by molar-refractivity contribution is 6.04. The van der Waals surface area contributed by atoms with Gasteiger partial charge in [0.25, 0.3) is 5.91 Å². The first kappa shape index (κ1) is 14.3. The molecule has 2 aromatic carbocycles. The quantitative estimate of drug-likeness (QED) is 0.896. The predicted octanol–water partition coefficient (Wildman–Crippen LogP) is 3.47. The largest absolute Gasteiger partial charge is 0.386 e. The van der Waals surface area contributed by atoms with Gasteiger partial charge in [-0.1, -0.05) is 30.3 Å². The molecule has 3 heteroatoms. The van der Waals surface area contributed by atoms with Crippen LogP contribution in [0.1, 0.15) is 35.3 Å². The van der Waals surface area contributed by atoms with E-state index in [-0.39, 0.29) is 5.91 Å². The van der Waals surface area contributed by atoms with E-state index in [1.54, 1.807) is 32.0 Å². The smallest absolute Gasteiger partial charge is 0.255 e. The van der Waals surface area contributed by atoms with Gasteiger partial charge >= 0.3 is 0 Å². The van der Waals surface area contributed by atoms with Crippen LogP contribution >= 0.6 is 0 Å². The van der Waals surface area contributed by atoms with Gasteiger partial charge in [-0.25, -0.2) is 0 Å². The number of benzene rings is 2. The van der Waals surface area contributed by atoms with Crippen molar-refractivity contribution in [3.63, 3.8) is 0 Å². The first-order valence-electron chi connectivity index (χ1n) is 6.58. The van der Waals surface area contributed by atoms with E-state index in [4.69, 9.17) is 0 Å². The summed E-state index contributed by atoms with van der Waals surface area (Å²) in [5.74, 6) is -0.176. The summed E-state index contributed by atoms with van der Waals surface area (Å²) in [5.41, 5.74) is 2.10. The molecule has 0 radical (unpaired) electrons. The highest BCUT2D eigenvalue weighted by Crippen LogP contribution is 2.21. The minimum Gasteiger partial charge on any atom is -0.386 e. The fourth-order valence-electron chi connectivity index (χ4n) is 1.95. The van der Waals surface area contributed by atoms with Crippen LogP contribution in [0.15, 0.2) is 48.5 Å². The van der Waals surface area contributed by atoms with Gasteiger partial charge in [-0.2, -0.15) is 0 Å². The summed E-state index contributed by atoms with van der Waals surface area (Å²) in [7, 11) is 0. The summed E-state index contributed by atoms with van der Waals surface area (Å²) in [6.45, 7) is 5.35. The summed E-state index contributed by atoms with van der Waals surface area (Å²) in [4.78, 5) is 12.3. The Morgan fingerprint density at radius 2 is 1.80 bits per heavy atom. The predicted molar refractivity (Wildman–Crippen MR) is 80.8 cm³/mol. The van der Waals surface area contributed by atoms with Gasteiger partial charge in [-0.05, 0) is 50.1 Å². The van der Waals surface area contributed by atoms with Crippen LogP contribution in [-0.4, -0.2) is 11.0 Å². The van der Waals surface area contributed by atoms with Crippen LogP contribution in [0.2, 0.25) is 0 Å². The Morgan fingerprint density at radius 1 is 1.10 bits per heavy atom. The van der Waals surface area contributed by atoms with E-state index < -0.39 is 5.60 Å². The lowest BCUT2D eigenvalue weighted by Crippen LogP contribution is -2.18. The van der Waals surface area contributed by atoms with Crippen molar-refractivity contribution >= 4 is 11.6 Å². The minimum atomic E-state index is -0.959. The summed E-state index contributed by atoms with van der Waals surface area (Å²) in [6, 6.07) is 14.7. The number of carbonyl (C=O) groups is 1. The zero-order valence-electron chi connectivity index (χ0n) is 12.0. The molecule has 0 atom stereocenters. The molecule has 0 heterocycles. The number of amides is 1. The molecule has 3 nitrogen and oxygen atoms in total. The Morgan fingerprint density at radius 3 is 2.45 bits per heavy atom. The van der Waals surface area contributed by atoms with Crippen molar-refractivity contribution in [2.24, 2.45) is 0 Å². The Kier molecular flexibility index (Phi) is 3.91. The van der Waals surface area contributed by atoms with E-state index in [1.807, 2.05) is 37.3 Å². The standard InChI is InChI=1S/C17H19NO2/c1-12-7-4-5-10-15(12)18-16(19)13-8-6-9-14(11-13)17(2,3)20/h4-11,20H,1-3H3,(H,18,19). The van der Waals surface area contributed by atoms with Crippen LogP contribution in [0, 0.1) is 6.92 Å². The average Bonchev–Trinajstić information content (AvgIpc) is 2.40. The number of hydrogen-bond acceptors (Lipinski definition) is 2. The Hall–Kier alpha value is -2.13. The first-order valence-corrected chi connectivity index (χ1v) is 6.58. The molecule has 0 aromatic heterocycles. The van der Waals surface area contributed by atoms with Crippen molar-refractivity contribution in [1.29, 1.82) is 0 Å². The van der Waals surface area contributed by atoms with Gasteiger partial charge in [-0.15, -0.1) is 0 Å². The zero-order chi connectivity index (χ0) is 14.8. The summed E-state index contributed by atoms with van der Waals surface area (Å²) in [6.07, 6.45) is 0. The summed E-state index contributed by atoms with van der Waals surface area (Å²) < 4.78 is 0. The van der Waals surface area contributed by atoms with E-state index in [0.29, 0.717) is 5.56 Å². The molecule has 0 spiro atoms. The number of para-hydroxylation sites is 1. The molecule has 0 unspecified atom stereocenters. The highest BCUT2D eigenvalue weighted by atomic mass is 16.3. The van der Waals surface area contributed by atoms with E-state index in [0.717, 1.165) is 16.8 Å². The fourth-order valence-corrected chi connectivity index (χ4v) is 1.95. The van der Waals surface area contributed by atoms with Crippen LogP contribution < -0.4 is 5.32 Å². The van der Waals surface area contributed by atoms with Gasteiger partial charge in [0, 0.05) is 11.3 Å². The van der Waals surface area contributed by atoms with Gasteiger partial charge < -0.3 is 10.4 Å². The van der Waals surface area contributed by atoms with Crippen molar-refractivity contribution < 1.29 is 9.90 Å². The van der Waals surface area contributed by atoms with E-state index in [1.165, 1.54) is 0 Å². The molecule has 0 aliphatic rings. The molecule has 0 saturated heterocycles. The molecule has 1 amide bonds. The van der Waals surface area contributed by atoms with Gasteiger partial charge in [0.1, 0.15) is 0 Å². The lowest BCUT2D eigenvalue weighted by Gasteiger charge is -2.18. The molecular formula is C17H19NO2. The third kappa shape index (κ3) is 3.25. The second-order valence-corrected chi connectivity index (χ2v) is 5.41. The zero-order valence-corrected chi connectivity index (χ0v) is 12.0. The lowest BCUT2D eigenvalue weighted by molar-refractivity contribution is 0.0785. The van der Waals surface area contributed by atoms with E-state index in [9.17, 15) is 9.90 Å². The first-order chi connectivity index (χ1) is 9.38. The van der Waals surface area contributed by atoms with Gasteiger partial charge in [-0.3, -0.25) is 4.79 Å². The molecular weight excluding hydrogens is 250 g/mol. The third-order valence-electron chi connectivity index (χ3n) is 3.22. The molecule has 2 rings (SSSR count). The van der Waals surface area contributed by atoms with Crippen LogP contribution in [0.3, 0.4) is 0 Å². The minimum absolute atomic E-state index is 0.176. The number of carbonyl (C=O) groups excluding carboxylic acids is 1. The van der Waals surface area contributed by atoms with Crippen molar-refractivity contribution in [2.45, 2.75) is 26.4 Å². The van der Waals surface area contributed by atoms with Crippen LogP contribution in [0.25, 0.3) is 0 Å². The number of nitrogens with one attached hydrogen (secondary N) is 1. The van der Waals surface area contributed by atoms with Gasteiger partial charge in [0.15, 0.2) is 0 Å². The molecule has 2 aromatic rings. The molecule has 0 fully saturated rings. The average molecular weight is 269 g/mol. The van der Waals surface area contributed by atoms with Crippen molar-refractivity contribution in [3.05, 3.63) is 65.2 Å². The number of hydrogen-bond donors (Lipinski definition) is 2. The van der Waals surface area contributed by atoms with Gasteiger partial charge in [0.05, 0.1) is 5.60 Å². The Balaban J connectivity index is 2.24. The molecule has 0 aliphatic heterocycles. The number of aryl methyl sites for hydroxylation is 1. The van der Waals surface area contributed by atoms with Crippen LogP contribution in [-0.2, 0) is 5.60 Å². The third-order valence-corrected chi connectivity index (χ3v) is 3.22. The molecule has 0 aliphatic carbocycles. The van der Waals surface area contributed by atoms with E-state index in [2.05, 4.69) is 5.32 Å². The maximum absolute atomic E-state index is 12.3. The topological polar surface area (TPSA) is 49.3 Å². The summed E-state index contributed by atoms with van der Waals surface area (Å²) in [5, 5.41) is 12.9. The maximum atomic E-state index is 12.3. The van der Waals surface area contributed by atoms with E-state index >= 15 is 0 Å². The maximum Gasteiger partial charge on any atom is 0.255 e. The van der Waals surface area contributed by atoms with Crippen LogP contribution in [0.5, 0.6) is 0 Å². The number of rotatable bonds is 3. The lowest BCUT2D eigenvalue weighted by atomic mass is 9.96. The fraction of sp³-hybridized carbons (Fsp3) is 0.235. The molecule has 0 bridgehead atoms. The molecule has 2 N–H and O–H groups in total. The number of anilines is 1. The number of aliphatic hydroxyl groups is 1. The van der Waals surface area contributed by atoms with Crippen molar-refractivity contribution in [2.75, 3.05) is 5.32 Å². The van der Waals surface area contributed by atoms with Crippen molar-refractivity contribution in [1.82, 2.24) is 0 Å². The Labute approximate surface area is 119 Å². The second-order valence-electron chi connectivity index (χ2n) is 5.41. The van der Waals surface area contributed by atoms with Crippen molar-refractivity contribution in [3.8, 4) is 0 Å². The van der Waals surface area contributed by atoms with Gasteiger partial charge in [0.2, 0.25) is 0 Å².